The van der Waals surface area contributed by atoms with Gasteiger partial charge in [-0.2, -0.15) is 5.10 Å². The van der Waals surface area contributed by atoms with Crippen LogP contribution in [0.3, 0.4) is 0 Å². The highest BCUT2D eigenvalue weighted by Crippen LogP contribution is 2.30. The van der Waals surface area contributed by atoms with Crippen molar-refractivity contribution in [2.24, 2.45) is 7.05 Å². The summed E-state index contributed by atoms with van der Waals surface area (Å²) in [5, 5.41) is 5.29. The van der Waals surface area contributed by atoms with Crippen molar-refractivity contribution in [3.8, 4) is 5.69 Å². The number of aryl methyl sites for hydroxylation is 5. The second kappa shape index (κ2) is 5.82. The maximum absolute atomic E-state index is 12.8. The Hall–Kier alpha value is -2.56. The maximum atomic E-state index is 12.8. The average molecular weight is 324 g/mol. The van der Waals surface area contributed by atoms with Crippen molar-refractivity contribution in [2.75, 3.05) is 5.73 Å². The lowest BCUT2D eigenvalue weighted by Crippen LogP contribution is -2.23. The molecule has 2 aromatic heterocycles. The Labute approximate surface area is 141 Å². The molecule has 0 saturated carbocycles. The Morgan fingerprint density at radius 2 is 1.75 bits per heavy atom. The number of rotatable bonds is 3. The van der Waals surface area contributed by atoms with Gasteiger partial charge in [-0.25, -0.2) is 4.68 Å². The van der Waals surface area contributed by atoms with E-state index < -0.39 is 0 Å². The number of benzene rings is 1. The molecule has 3 aromatic rings. The molecule has 0 aliphatic rings. The molecule has 5 nitrogen and oxygen atoms in total. The Kier molecular flexibility index (Phi) is 3.95. The number of aromatic nitrogens is 3. The summed E-state index contributed by atoms with van der Waals surface area (Å²) in [5.74, 6) is 0.572. The zero-order valence-electron chi connectivity index (χ0n) is 15.0. The van der Waals surface area contributed by atoms with E-state index in [2.05, 4.69) is 44.9 Å². The molecule has 0 aliphatic heterocycles. The third-order valence-corrected chi connectivity index (χ3v) is 4.45. The van der Waals surface area contributed by atoms with Crippen LogP contribution in [-0.2, 0) is 13.5 Å². The monoisotopic (exact) mass is 324 g/mol. The van der Waals surface area contributed by atoms with Crippen LogP contribution in [0.25, 0.3) is 16.6 Å². The molecule has 0 unspecified atom stereocenters. The Morgan fingerprint density at radius 1 is 1.12 bits per heavy atom. The fourth-order valence-electron chi connectivity index (χ4n) is 3.58. The highest BCUT2D eigenvalue weighted by molar-refractivity contribution is 5.88. The van der Waals surface area contributed by atoms with Crippen molar-refractivity contribution in [1.82, 2.24) is 14.3 Å². The normalized spacial score (nSPS) is 11.4. The topological polar surface area (TPSA) is 65.8 Å². The van der Waals surface area contributed by atoms with Crippen LogP contribution >= 0.6 is 0 Å². The molecule has 126 valence electrons. The summed E-state index contributed by atoms with van der Waals surface area (Å²) in [6.45, 7) is 8.29. The van der Waals surface area contributed by atoms with E-state index in [4.69, 9.17) is 5.73 Å². The van der Waals surface area contributed by atoms with Gasteiger partial charge in [-0.05, 0) is 44.4 Å². The van der Waals surface area contributed by atoms with Gasteiger partial charge in [0.05, 0.1) is 11.4 Å². The second-order valence-corrected chi connectivity index (χ2v) is 6.54. The van der Waals surface area contributed by atoms with E-state index in [9.17, 15) is 4.79 Å². The molecular formula is C19H24N4O. The van der Waals surface area contributed by atoms with Gasteiger partial charge in [-0.15, -0.1) is 0 Å². The predicted octanol–water partition coefficient (Wildman–Crippen LogP) is 3.18. The van der Waals surface area contributed by atoms with Gasteiger partial charge in [-0.3, -0.25) is 9.36 Å². The maximum Gasteiger partial charge on any atom is 0.291 e. The third-order valence-electron chi connectivity index (χ3n) is 4.45. The molecule has 3 rings (SSSR count). The average Bonchev–Trinajstić information content (AvgIpc) is 2.82. The SMILES string of the molecule is CCCc1nn(C)c(=O)c2c1cc(N)n2-c1c(C)cc(C)cc1C. The van der Waals surface area contributed by atoms with Crippen LogP contribution in [0.4, 0.5) is 5.82 Å². The van der Waals surface area contributed by atoms with Crippen molar-refractivity contribution >= 4 is 16.7 Å². The summed E-state index contributed by atoms with van der Waals surface area (Å²) in [6.07, 6.45) is 1.79. The highest BCUT2D eigenvalue weighted by atomic mass is 16.1. The van der Waals surface area contributed by atoms with Crippen LogP contribution in [0.2, 0.25) is 0 Å². The smallest absolute Gasteiger partial charge is 0.291 e. The van der Waals surface area contributed by atoms with Gasteiger partial charge in [0.15, 0.2) is 0 Å². The summed E-state index contributed by atoms with van der Waals surface area (Å²) in [7, 11) is 1.70. The van der Waals surface area contributed by atoms with Crippen LogP contribution in [0.5, 0.6) is 0 Å². The van der Waals surface area contributed by atoms with Crippen LogP contribution < -0.4 is 11.3 Å². The fourth-order valence-corrected chi connectivity index (χ4v) is 3.58. The third kappa shape index (κ3) is 2.40. The van der Waals surface area contributed by atoms with E-state index in [-0.39, 0.29) is 5.56 Å². The molecule has 0 fully saturated rings. The van der Waals surface area contributed by atoms with Gasteiger partial charge in [0.2, 0.25) is 0 Å². The van der Waals surface area contributed by atoms with Crippen molar-refractivity contribution < 1.29 is 0 Å². The lowest BCUT2D eigenvalue weighted by molar-refractivity contribution is 0.681. The quantitative estimate of drug-likeness (QED) is 0.804. The lowest BCUT2D eigenvalue weighted by Gasteiger charge is -2.15. The molecule has 0 aliphatic carbocycles. The van der Waals surface area contributed by atoms with Gasteiger partial charge in [-0.1, -0.05) is 31.0 Å². The minimum Gasteiger partial charge on any atom is -0.385 e. The van der Waals surface area contributed by atoms with Crippen molar-refractivity contribution in [3.63, 3.8) is 0 Å². The molecule has 24 heavy (non-hydrogen) atoms. The van der Waals surface area contributed by atoms with E-state index in [1.807, 2.05) is 10.6 Å². The molecule has 0 atom stereocenters. The first kappa shape index (κ1) is 16.3. The van der Waals surface area contributed by atoms with E-state index in [0.29, 0.717) is 11.3 Å². The number of nitrogens with zero attached hydrogens (tertiary/aromatic N) is 3. The summed E-state index contributed by atoms with van der Waals surface area (Å²) in [6, 6.07) is 6.12. The van der Waals surface area contributed by atoms with Gasteiger partial charge < -0.3 is 5.73 Å². The van der Waals surface area contributed by atoms with E-state index >= 15 is 0 Å². The minimum absolute atomic E-state index is 0.124. The Balaban J connectivity index is 2.47. The van der Waals surface area contributed by atoms with Crippen molar-refractivity contribution in [1.29, 1.82) is 0 Å². The molecule has 0 radical (unpaired) electrons. The summed E-state index contributed by atoms with van der Waals surface area (Å²) in [4.78, 5) is 12.8. The predicted molar refractivity (Wildman–Crippen MR) is 98.9 cm³/mol. The summed E-state index contributed by atoms with van der Waals surface area (Å²) >= 11 is 0. The van der Waals surface area contributed by atoms with Crippen LogP contribution in [0.15, 0.2) is 23.0 Å². The number of anilines is 1. The number of nitrogens with two attached hydrogens (primary N) is 1. The molecule has 0 spiro atoms. The number of hydrogen-bond acceptors (Lipinski definition) is 3. The van der Waals surface area contributed by atoms with Crippen LogP contribution in [0.1, 0.15) is 35.7 Å². The molecule has 0 amide bonds. The standard InChI is InChI=1S/C19H24N4O/c1-6-7-15-14-10-16(20)23(18(14)19(24)22(5)21-15)17-12(3)8-11(2)9-13(17)4/h8-10H,6-7,20H2,1-5H3. The highest BCUT2D eigenvalue weighted by Gasteiger charge is 2.19. The van der Waals surface area contributed by atoms with E-state index in [0.717, 1.165) is 40.7 Å². The molecule has 0 saturated heterocycles. The number of fused-ring (bicyclic) bond motifs is 1. The van der Waals surface area contributed by atoms with Crippen LogP contribution in [0, 0.1) is 20.8 Å². The Morgan fingerprint density at radius 3 is 2.33 bits per heavy atom. The van der Waals surface area contributed by atoms with Gasteiger partial charge >= 0.3 is 0 Å². The van der Waals surface area contributed by atoms with Crippen LogP contribution in [-0.4, -0.2) is 14.3 Å². The summed E-state index contributed by atoms with van der Waals surface area (Å²) in [5.41, 5.74) is 12.1. The van der Waals surface area contributed by atoms with Gasteiger partial charge in [0.1, 0.15) is 11.3 Å². The van der Waals surface area contributed by atoms with Crippen molar-refractivity contribution in [3.05, 3.63) is 50.9 Å². The largest absolute Gasteiger partial charge is 0.385 e. The Bertz CT molecular complexity index is 972. The second-order valence-electron chi connectivity index (χ2n) is 6.54. The summed E-state index contributed by atoms with van der Waals surface area (Å²) < 4.78 is 3.31. The van der Waals surface area contributed by atoms with Crippen molar-refractivity contribution in [2.45, 2.75) is 40.5 Å². The molecular weight excluding hydrogens is 300 g/mol. The lowest BCUT2D eigenvalue weighted by atomic mass is 10.0. The molecule has 2 N–H and O–H groups in total. The number of nitrogen functional groups attached to an aromatic ring is 1. The first-order chi connectivity index (χ1) is 11.3. The van der Waals surface area contributed by atoms with E-state index in [1.54, 1.807) is 7.05 Å². The van der Waals surface area contributed by atoms with Gasteiger partial charge in [0, 0.05) is 12.4 Å². The molecule has 1 aromatic carbocycles. The van der Waals surface area contributed by atoms with Gasteiger partial charge in [0.25, 0.3) is 5.56 Å². The number of hydrogen-bond donors (Lipinski definition) is 1. The zero-order chi connectivity index (χ0) is 17.6. The van der Waals surface area contributed by atoms with E-state index in [1.165, 1.54) is 10.2 Å². The fraction of sp³-hybridized carbons (Fsp3) is 0.368. The first-order valence-corrected chi connectivity index (χ1v) is 8.30. The molecule has 0 bridgehead atoms. The zero-order valence-corrected chi connectivity index (χ0v) is 15.0. The molecule has 5 heteroatoms. The first-order valence-electron chi connectivity index (χ1n) is 8.30. The minimum atomic E-state index is -0.124. The molecule has 2 heterocycles.